The van der Waals surface area contributed by atoms with Crippen LogP contribution in [0.25, 0.3) is 0 Å². The summed E-state index contributed by atoms with van der Waals surface area (Å²) in [5, 5.41) is 0. The molecule has 0 atom stereocenters. The van der Waals surface area contributed by atoms with Crippen LogP contribution in [-0.2, 0) is 10.9 Å². The van der Waals surface area contributed by atoms with Gasteiger partial charge in [0.2, 0.25) is 0 Å². The fourth-order valence-electron chi connectivity index (χ4n) is 1.40. The number of pyridine rings is 1. The molecule has 1 aromatic rings. The fourth-order valence-corrected chi connectivity index (χ4v) is 1.40. The molecular weight excluding hydrogens is 289 g/mol. The van der Waals surface area contributed by atoms with Gasteiger partial charge >= 0.3 is 12.1 Å². The van der Waals surface area contributed by atoms with E-state index in [1.807, 2.05) is 0 Å². The molecule has 0 saturated carbocycles. The van der Waals surface area contributed by atoms with Gasteiger partial charge in [0.1, 0.15) is 5.75 Å². The van der Waals surface area contributed by atoms with Crippen LogP contribution >= 0.6 is 0 Å². The van der Waals surface area contributed by atoms with Crippen LogP contribution in [-0.4, -0.2) is 24.7 Å². The van der Waals surface area contributed by atoms with Crippen molar-refractivity contribution in [3.63, 3.8) is 0 Å². The third-order valence-electron chi connectivity index (χ3n) is 2.21. The molecule has 1 aromatic heterocycles. The summed E-state index contributed by atoms with van der Waals surface area (Å²) in [5.74, 6) is -2.24. The van der Waals surface area contributed by atoms with Gasteiger partial charge in [-0.05, 0) is 13.0 Å². The molecule has 0 spiro atoms. The first-order valence-corrected chi connectivity index (χ1v) is 5.33. The maximum atomic E-state index is 12.8. The zero-order valence-electron chi connectivity index (χ0n) is 10.4. The van der Waals surface area contributed by atoms with Crippen molar-refractivity contribution in [2.75, 3.05) is 13.7 Å². The standard InChI is InChI=1S/C11H10F5NO3/c1-3-20-10(18)7-5(9(12)13)4-6(19-2)8(17-7)11(14,15)16/h4,9H,3H2,1-2H3. The number of methoxy groups -OCH3 is 1. The van der Waals surface area contributed by atoms with Crippen LogP contribution in [0.1, 0.15) is 35.1 Å². The third kappa shape index (κ3) is 3.34. The van der Waals surface area contributed by atoms with Crippen LogP contribution in [0.5, 0.6) is 5.75 Å². The van der Waals surface area contributed by atoms with E-state index in [1.54, 1.807) is 0 Å². The third-order valence-corrected chi connectivity index (χ3v) is 2.21. The van der Waals surface area contributed by atoms with Gasteiger partial charge in [-0.1, -0.05) is 0 Å². The number of carbonyl (C=O) groups is 1. The van der Waals surface area contributed by atoms with Crippen LogP contribution in [0.4, 0.5) is 22.0 Å². The second kappa shape index (κ2) is 6.02. The maximum Gasteiger partial charge on any atom is 0.437 e. The van der Waals surface area contributed by atoms with Crippen molar-refractivity contribution >= 4 is 5.97 Å². The summed E-state index contributed by atoms with van der Waals surface area (Å²) in [6.07, 6.45) is -8.15. The molecule has 0 bridgehead atoms. The molecule has 1 rings (SSSR count). The Hall–Kier alpha value is -1.93. The monoisotopic (exact) mass is 299 g/mol. The first-order chi connectivity index (χ1) is 9.22. The molecule has 0 amide bonds. The number of ether oxygens (including phenoxy) is 2. The lowest BCUT2D eigenvalue weighted by Crippen LogP contribution is -2.18. The highest BCUT2D eigenvalue weighted by Crippen LogP contribution is 2.37. The Morgan fingerprint density at radius 1 is 1.40 bits per heavy atom. The first kappa shape index (κ1) is 16.1. The molecule has 0 unspecified atom stereocenters. The number of nitrogens with zero attached hydrogens (tertiary/aromatic N) is 1. The molecule has 0 aliphatic heterocycles. The summed E-state index contributed by atoms with van der Waals surface area (Å²) in [5.41, 5.74) is -3.62. The van der Waals surface area contributed by atoms with E-state index in [0.29, 0.717) is 6.07 Å². The first-order valence-electron chi connectivity index (χ1n) is 5.33. The average molecular weight is 299 g/mol. The summed E-state index contributed by atoms with van der Waals surface area (Å²) in [6, 6.07) is 0.437. The number of hydrogen-bond acceptors (Lipinski definition) is 4. The number of hydrogen-bond donors (Lipinski definition) is 0. The van der Waals surface area contributed by atoms with E-state index >= 15 is 0 Å². The summed E-state index contributed by atoms with van der Waals surface area (Å²) >= 11 is 0. The van der Waals surface area contributed by atoms with E-state index in [-0.39, 0.29) is 6.61 Å². The molecule has 0 aromatic carbocycles. The maximum absolute atomic E-state index is 12.8. The minimum absolute atomic E-state index is 0.184. The van der Waals surface area contributed by atoms with E-state index in [9.17, 15) is 26.7 Å². The van der Waals surface area contributed by atoms with Crippen molar-refractivity contribution in [1.82, 2.24) is 4.98 Å². The van der Waals surface area contributed by atoms with Crippen LogP contribution in [0.15, 0.2) is 6.07 Å². The lowest BCUT2D eigenvalue weighted by atomic mass is 10.1. The van der Waals surface area contributed by atoms with Gasteiger partial charge in [-0.2, -0.15) is 13.2 Å². The molecule has 0 radical (unpaired) electrons. The van der Waals surface area contributed by atoms with Gasteiger partial charge in [-0.25, -0.2) is 18.6 Å². The van der Waals surface area contributed by atoms with Gasteiger partial charge in [0.15, 0.2) is 11.4 Å². The molecule has 0 N–H and O–H groups in total. The van der Waals surface area contributed by atoms with Crippen LogP contribution in [0.2, 0.25) is 0 Å². The Morgan fingerprint density at radius 3 is 2.40 bits per heavy atom. The number of alkyl halides is 5. The molecule has 0 aliphatic rings. The van der Waals surface area contributed by atoms with Crippen molar-refractivity contribution < 1.29 is 36.2 Å². The van der Waals surface area contributed by atoms with Crippen molar-refractivity contribution in [1.29, 1.82) is 0 Å². The molecule has 20 heavy (non-hydrogen) atoms. The second-order valence-corrected chi connectivity index (χ2v) is 3.50. The number of esters is 1. The van der Waals surface area contributed by atoms with Crippen LogP contribution < -0.4 is 4.74 Å². The van der Waals surface area contributed by atoms with E-state index < -0.39 is 41.3 Å². The minimum atomic E-state index is -4.95. The van der Waals surface area contributed by atoms with Crippen molar-refractivity contribution in [3.8, 4) is 5.75 Å². The smallest absolute Gasteiger partial charge is 0.437 e. The summed E-state index contributed by atoms with van der Waals surface area (Å²) in [4.78, 5) is 14.4. The Balaban J connectivity index is 3.51. The van der Waals surface area contributed by atoms with Gasteiger partial charge in [-0.3, -0.25) is 0 Å². The highest BCUT2D eigenvalue weighted by Gasteiger charge is 2.39. The topological polar surface area (TPSA) is 48.4 Å². The Kier molecular flexibility index (Phi) is 4.85. The van der Waals surface area contributed by atoms with Gasteiger partial charge < -0.3 is 9.47 Å². The number of rotatable bonds is 4. The molecule has 112 valence electrons. The SMILES string of the molecule is CCOC(=O)c1nc(C(F)(F)F)c(OC)cc1C(F)F. The normalized spacial score (nSPS) is 11.6. The molecular formula is C11H10F5NO3. The van der Waals surface area contributed by atoms with E-state index in [0.717, 1.165) is 7.11 Å². The van der Waals surface area contributed by atoms with Crippen molar-refractivity contribution in [3.05, 3.63) is 23.0 Å². The molecule has 0 saturated heterocycles. The zero-order valence-corrected chi connectivity index (χ0v) is 10.4. The predicted octanol–water partition coefficient (Wildman–Crippen LogP) is 3.22. The van der Waals surface area contributed by atoms with E-state index in [4.69, 9.17) is 0 Å². The van der Waals surface area contributed by atoms with Crippen LogP contribution in [0.3, 0.4) is 0 Å². The average Bonchev–Trinajstić information content (AvgIpc) is 2.36. The van der Waals surface area contributed by atoms with Crippen LogP contribution in [0, 0.1) is 0 Å². The molecule has 0 aliphatic carbocycles. The quantitative estimate of drug-likeness (QED) is 0.632. The minimum Gasteiger partial charge on any atom is -0.494 e. The highest BCUT2D eigenvalue weighted by atomic mass is 19.4. The van der Waals surface area contributed by atoms with Gasteiger partial charge in [0.05, 0.1) is 19.3 Å². The fraction of sp³-hybridized carbons (Fsp3) is 0.455. The summed E-state index contributed by atoms with van der Waals surface area (Å²) in [7, 11) is 0.880. The van der Waals surface area contributed by atoms with Crippen molar-refractivity contribution in [2.45, 2.75) is 19.5 Å². The van der Waals surface area contributed by atoms with Gasteiger partial charge in [0.25, 0.3) is 6.43 Å². The Morgan fingerprint density at radius 2 is 2.00 bits per heavy atom. The summed E-state index contributed by atoms with van der Waals surface area (Å²) in [6.45, 7) is 1.20. The molecule has 9 heteroatoms. The van der Waals surface area contributed by atoms with Gasteiger partial charge in [0, 0.05) is 0 Å². The Bertz CT molecular complexity index is 502. The second-order valence-electron chi connectivity index (χ2n) is 3.50. The number of carbonyl (C=O) groups excluding carboxylic acids is 1. The molecule has 4 nitrogen and oxygen atoms in total. The highest BCUT2D eigenvalue weighted by molar-refractivity contribution is 5.89. The lowest BCUT2D eigenvalue weighted by Gasteiger charge is -2.15. The molecule has 1 heterocycles. The summed E-state index contributed by atoms with van der Waals surface area (Å²) < 4.78 is 72.5. The van der Waals surface area contributed by atoms with Crippen molar-refractivity contribution in [2.24, 2.45) is 0 Å². The number of aromatic nitrogens is 1. The number of halogens is 5. The lowest BCUT2D eigenvalue weighted by molar-refractivity contribution is -0.142. The largest absolute Gasteiger partial charge is 0.494 e. The Labute approximate surface area is 110 Å². The van der Waals surface area contributed by atoms with E-state index in [1.165, 1.54) is 6.92 Å². The molecule has 0 fully saturated rings. The predicted molar refractivity (Wildman–Crippen MR) is 56.7 cm³/mol. The zero-order chi connectivity index (χ0) is 15.5. The van der Waals surface area contributed by atoms with Gasteiger partial charge in [-0.15, -0.1) is 0 Å². The van der Waals surface area contributed by atoms with E-state index in [2.05, 4.69) is 14.5 Å².